The number of benzene rings is 2. The minimum absolute atomic E-state index is 0.206. The molecule has 0 aliphatic heterocycles. The van der Waals surface area contributed by atoms with E-state index in [9.17, 15) is 19.5 Å². The van der Waals surface area contributed by atoms with Gasteiger partial charge in [0.2, 0.25) is 11.8 Å². The average Bonchev–Trinajstić information content (AvgIpc) is 2.80. The summed E-state index contributed by atoms with van der Waals surface area (Å²) in [6, 6.07) is 12.1. The molecule has 0 saturated heterocycles. The van der Waals surface area contributed by atoms with Crippen LogP contribution >= 0.6 is 23.4 Å². The molecule has 174 valence electrons. The van der Waals surface area contributed by atoms with Gasteiger partial charge in [-0.3, -0.25) is 14.4 Å². The smallest absolute Gasteiger partial charge is 0.307 e. The lowest BCUT2D eigenvalue weighted by Gasteiger charge is -2.24. The van der Waals surface area contributed by atoms with Crippen molar-refractivity contribution in [3.63, 3.8) is 0 Å². The van der Waals surface area contributed by atoms with Crippen LogP contribution in [0.5, 0.6) is 5.75 Å². The second-order valence-electron chi connectivity index (χ2n) is 7.60. The third-order valence-electron chi connectivity index (χ3n) is 5.31. The molecule has 9 heteroatoms. The monoisotopic (exact) mass is 488 g/mol. The number of allylic oxidation sites excluding steroid dienone is 2. The number of hydrogen-bond acceptors (Lipinski definition) is 5. The van der Waals surface area contributed by atoms with E-state index in [2.05, 4.69) is 10.6 Å². The van der Waals surface area contributed by atoms with Crippen LogP contribution in [-0.4, -0.2) is 35.2 Å². The number of carbonyl (C=O) groups is 3. The van der Waals surface area contributed by atoms with Gasteiger partial charge in [-0.05, 0) is 62.2 Å². The Morgan fingerprint density at radius 3 is 2.36 bits per heavy atom. The maximum atomic E-state index is 12.6. The lowest BCUT2D eigenvalue weighted by molar-refractivity contribution is -0.146. The van der Waals surface area contributed by atoms with Crippen LogP contribution in [0, 0.1) is 11.8 Å². The normalized spacial score (nSPS) is 18.3. The molecule has 3 atom stereocenters. The summed E-state index contributed by atoms with van der Waals surface area (Å²) in [5, 5.41) is 15.1. The maximum absolute atomic E-state index is 12.6. The second-order valence-corrected chi connectivity index (χ2v) is 9.45. The molecular formula is C24H25ClN2O5S. The third-order valence-corrected chi connectivity index (χ3v) is 6.66. The fourth-order valence-electron chi connectivity index (χ4n) is 3.50. The van der Waals surface area contributed by atoms with Crippen molar-refractivity contribution in [2.24, 2.45) is 11.8 Å². The number of anilines is 2. The predicted octanol–water partition coefficient (Wildman–Crippen LogP) is 5.07. The molecule has 3 rings (SSSR count). The Bertz CT molecular complexity index is 1060. The highest BCUT2D eigenvalue weighted by molar-refractivity contribution is 8.00. The van der Waals surface area contributed by atoms with E-state index >= 15 is 0 Å². The Hall–Kier alpha value is -2.97. The van der Waals surface area contributed by atoms with Gasteiger partial charge in [0.1, 0.15) is 5.75 Å². The van der Waals surface area contributed by atoms with E-state index in [1.54, 1.807) is 55.5 Å². The van der Waals surface area contributed by atoms with Crippen molar-refractivity contribution < 1.29 is 24.2 Å². The van der Waals surface area contributed by atoms with E-state index in [1.165, 1.54) is 18.9 Å². The predicted molar refractivity (Wildman–Crippen MR) is 130 cm³/mol. The van der Waals surface area contributed by atoms with Crippen molar-refractivity contribution in [2.75, 3.05) is 17.7 Å². The van der Waals surface area contributed by atoms with Gasteiger partial charge in [-0.15, -0.1) is 11.8 Å². The minimum atomic E-state index is -0.964. The molecule has 1 aliphatic rings. The molecule has 0 bridgehead atoms. The molecule has 3 N–H and O–H groups in total. The summed E-state index contributed by atoms with van der Waals surface area (Å²) >= 11 is 7.38. The number of nitrogens with one attached hydrogen (secondary N) is 2. The molecular weight excluding hydrogens is 464 g/mol. The number of rotatable bonds is 8. The molecule has 2 amide bonds. The summed E-state index contributed by atoms with van der Waals surface area (Å²) < 4.78 is 5.26. The molecule has 0 heterocycles. The lowest BCUT2D eigenvalue weighted by Crippen LogP contribution is -2.34. The van der Waals surface area contributed by atoms with Crippen LogP contribution in [0.1, 0.15) is 19.8 Å². The van der Waals surface area contributed by atoms with Crippen LogP contribution in [-0.2, 0) is 14.4 Å². The van der Waals surface area contributed by atoms with E-state index in [1.807, 2.05) is 6.08 Å². The first kappa shape index (κ1) is 24.7. The Morgan fingerprint density at radius 2 is 1.73 bits per heavy atom. The number of halogens is 1. The SMILES string of the molecule is COc1ccc(Cl)cc1NC(=O)C(C)Sc1ccc(NC(=O)C2CC=CCC2C(=O)O)cc1. The van der Waals surface area contributed by atoms with E-state index < -0.39 is 23.1 Å². The van der Waals surface area contributed by atoms with Crippen LogP contribution in [0.2, 0.25) is 5.02 Å². The first-order chi connectivity index (χ1) is 15.8. The quantitative estimate of drug-likeness (QED) is 0.354. The topological polar surface area (TPSA) is 105 Å². The zero-order valence-corrected chi connectivity index (χ0v) is 19.8. The van der Waals surface area contributed by atoms with Gasteiger partial charge < -0.3 is 20.5 Å². The van der Waals surface area contributed by atoms with E-state index in [4.69, 9.17) is 16.3 Å². The summed E-state index contributed by atoms with van der Waals surface area (Å²) in [6.45, 7) is 1.79. The first-order valence-corrected chi connectivity index (χ1v) is 11.6. The number of carboxylic acids is 1. The summed E-state index contributed by atoms with van der Waals surface area (Å²) in [7, 11) is 1.52. The van der Waals surface area contributed by atoms with E-state index in [0.717, 1.165) is 4.90 Å². The van der Waals surface area contributed by atoms with Crippen LogP contribution in [0.4, 0.5) is 11.4 Å². The van der Waals surface area contributed by atoms with Crippen molar-refractivity contribution >= 4 is 52.5 Å². The molecule has 0 spiro atoms. The van der Waals surface area contributed by atoms with Gasteiger partial charge in [0.15, 0.2) is 0 Å². The molecule has 7 nitrogen and oxygen atoms in total. The fraction of sp³-hybridized carbons (Fsp3) is 0.292. The zero-order chi connectivity index (χ0) is 24.0. The number of ether oxygens (including phenoxy) is 1. The third kappa shape index (κ3) is 6.52. The molecule has 2 aromatic carbocycles. The number of thioether (sulfide) groups is 1. The maximum Gasteiger partial charge on any atom is 0.307 e. The van der Waals surface area contributed by atoms with E-state index in [-0.39, 0.29) is 11.8 Å². The van der Waals surface area contributed by atoms with Gasteiger partial charge in [0.05, 0.1) is 29.9 Å². The van der Waals surface area contributed by atoms with Gasteiger partial charge in [0, 0.05) is 15.6 Å². The van der Waals surface area contributed by atoms with Crippen molar-refractivity contribution in [1.82, 2.24) is 0 Å². The Labute approximate surface area is 201 Å². The van der Waals surface area contributed by atoms with Crippen molar-refractivity contribution in [1.29, 1.82) is 0 Å². The van der Waals surface area contributed by atoms with Crippen LogP contribution in [0.25, 0.3) is 0 Å². The molecule has 0 saturated carbocycles. The Morgan fingerprint density at radius 1 is 1.06 bits per heavy atom. The van der Waals surface area contributed by atoms with Gasteiger partial charge >= 0.3 is 5.97 Å². The second kappa shape index (κ2) is 11.2. The van der Waals surface area contributed by atoms with E-state index in [0.29, 0.717) is 35.0 Å². The minimum Gasteiger partial charge on any atom is -0.495 e. The molecule has 0 radical (unpaired) electrons. The van der Waals surface area contributed by atoms with Gasteiger partial charge in [-0.2, -0.15) is 0 Å². The van der Waals surface area contributed by atoms with Gasteiger partial charge in [-0.25, -0.2) is 0 Å². The summed E-state index contributed by atoms with van der Waals surface area (Å²) in [6.07, 6.45) is 4.40. The standard InChI is InChI=1S/C24H25ClN2O5S/c1-14(22(28)27-20-13-15(25)7-12-21(20)32-2)33-17-10-8-16(9-11-17)26-23(29)18-5-3-4-6-19(18)24(30)31/h3-4,7-14,18-19H,5-6H2,1-2H3,(H,26,29)(H,27,28)(H,30,31). The summed E-state index contributed by atoms with van der Waals surface area (Å²) in [5.74, 6) is -2.29. The Balaban J connectivity index is 1.58. The van der Waals surface area contributed by atoms with Crippen molar-refractivity contribution in [3.05, 3.63) is 59.6 Å². The molecule has 2 aromatic rings. The number of carboxylic acid groups (broad SMARTS) is 1. The average molecular weight is 489 g/mol. The first-order valence-electron chi connectivity index (χ1n) is 10.4. The Kier molecular flexibility index (Phi) is 8.41. The zero-order valence-electron chi connectivity index (χ0n) is 18.2. The number of hydrogen-bond donors (Lipinski definition) is 3. The lowest BCUT2D eigenvalue weighted by atomic mass is 9.82. The highest BCUT2D eigenvalue weighted by atomic mass is 35.5. The molecule has 0 aromatic heterocycles. The summed E-state index contributed by atoms with van der Waals surface area (Å²) in [5.41, 5.74) is 1.07. The number of methoxy groups -OCH3 is 1. The highest BCUT2D eigenvalue weighted by Crippen LogP contribution is 2.31. The molecule has 1 aliphatic carbocycles. The van der Waals surface area contributed by atoms with Crippen LogP contribution in [0.15, 0.2) is 59.5 Å². The number of aliphatic carboxylic acids is 1. The summed E-state index contributed by atoms with van der Waals surface area (Å²) in [4.78, 5) is 37.5. The van der Waals surface area contributed by atoms with Gasteiger partial charge in [-0.1, -0.05) is 23.8 Å². The molecule has 33 heavy (non-hydrogen) atoms. The number of carbonyl (C=O) groups excluding carboxylic acids is 2. The largest absolute Gasteiger partial charge is 0.495 e. The fourth-order valence-corrected chi connectivity index (χ4v) is 4.54. The van der Waals surface area contributed by atoms with Gasteiger partial charge in [0.25, 0.3) is 0 Å². The van der Waals surface area contributed by atoms with Crippen molar-refractivity contribution in [3.8, 4) is 5.75 Å². The highest BCUT2D eigenvalue weighted by Gasteiger charge is 2.33. The molecule has 3 unspecified atom stereocenters. The van der Waals surface area contributed by atoms with Crippen LogP contribution < -0.4 is 15.4 Å². The van der Waals surface area contributed by atoms with Crippen molar-refractivity contribution in [2.45, 2.75) is 29.9 Å². The van der Waals surface area contributed by atoms with Crippen LogP contribution in [0.3, 0.4) is 0 Å². The number of amides is 2. The molecule has 0 fully saturated rings.